The number of ether oxygens (including phenoxy) is 3. The lowest BCUT2D eigenvalue weighted by molar-refractivity contribution is -0.236. The maximum Gasteiger partial charge on any atom is 0.155 e. The predicted molar refractivity (Wildman–Crippen MR) is 75.2 cm³/mol. The van der Waals surface area contributed by atoms with Crippen molar-refractivity contribution in [2.45, 2.75) is 51.3 Å². The SMILES string of the molecule is C[C@@H]1O[C@H](CC=O)C[C@H](CCOCc2ccccc2)O1. The van der Waals surface area contributed by atoms with Gasteiger partial charge in [0.15, 0.2) is 6.29 Å². The van der Waals surface area contributed by atoms with E-state index in [1.807, 2.05) is 37.3 Å². The second-order valence-corrected chi connectivity index (χ2v) is 5.05. The Balaban J connectivity index is 1.66. The lowest BCUT2D eigenvalue weighted by Gasteiger charge is -2.33. The fourth-order valence-corrected chi connectivity index (χ4v) is 2.40. The van der Waals surface area contributed by atoms with Gasteiger partial charge in [-0.05, 0) is 18.9 Å². The molecule has 0 radical (unpaired) electrons. The van der Waals surface area contributed by atoms with E-state index < -0.39 is 0 Å². The van der Waals surface area contributed by atoms with Crippen LogP contribution in [0.5, 0.6) is 0 Å². The van der Waals surface area contributed by atoms with Gasteiger partial charge in [0, 0.05) is 19.4 Å². The second kappa shape index (κ2) is 8.15. The van der Waals surface area contributed by atoms with Crippen molar-refractivity contribution in [1.82, 2.24) is 0 Å². The molecule has 20 heavy (non-hydrogen) atoms. The van der Waals surface area contributed by atoms with Crippen molar-refractivity contribution in [3.05, 3.63) is 35.9 Å². The number of carbonyl (C=O) groups is 1. The fraction of sp³-hybridized carbons (Fsp3) is 0.562. The summed E-state index contributed by atoms with van der Waals surface area (Å²) in [6.07, 6.45) is 2.79. The van der Waals surface area contributed by atoms with Gasteiger partial charge in [0.05, 0.1) is 18.8 Å². The Morgan fingerprint density at radius 3 is 2.75 bits per heavy atom. The van der Waals surface area contributed by atoms with E-state index in [1.165, 1.54) is 5.56 Å². The number of benzene rings is 1. The number of hydrogen-bond donors (Lipinski definition) is 0. The van der Waals surface area contributed by atoms with Crippen LogP contribution in [0.2, 0.25) is 0 Å². The first-order valence-corrected chi connectivity index (χ1v) is 7.14. The molecule has 0 aromatic heterocycles. The molecule has 4 heteroatoms. The van der Waals surface area contributed by atoms with Gasteiger partial charge in [-0.3, -0.25) is 0 Å². The molecule has 1 aliphatic rings. The molecule has 0 N–H and O–H groups in total. The molecule has 1 aromatic carbocycles. The van der Waals surface area contributed by atoms with E-state index in [1.54, 1.807) is 0 Å². The maximum atomic E-state index is 10.6. The highest BCUT2D eigenvalue weighted by Crippen LogP contribution is 2.22. The molecule has 1 aromatic rings. The summed E-state index contributed by atoms with van der Waals surface area (Å²) < 4.78 is 16.9. The summed E-state index contributed by atoms with van der Waals surface area (Å²) in [5.41, 5.74) is 1.17. The highest BCUT2D eigenvalue weighted by molar-refractivity contribution is 5.50. The largest absolute Gasteiger partial charge is 0.377 e. The molecule has 2 rings (SSSR count). The van der Waals surface area contributed by atoms with Gasteiger partial charge in [-0.15, -0.1) is 0 Å². The van der Waals surface area contributed by atoms with Crippen molar-refractivity contribution in [3.8, 4) is 0 Å². The summed E-state index contributed by atoms with van der Waals surface area (Å²) in [5, 5.41) is 0. The van der Waals surface area contributed by atoms with Gasteiger partial charge >= 0.3 is 0 Å². The molecule has 0 saturated carbocycles. The number of rotatable bonds is 7. The Labute approximate surface area is 120 Å². The van der Waals surface area contributed by atoms with Crippen molar-refractivity contribution in [2.75, 3.05) is 6.61 Å². The molecule has 1 heterocycles. The summed E-state index contributed by atoms with van der Waals surface area (Å²) in [4.78, 5) is 10.6. The third-order valence-corrected chi connectivity index (χ3v) is 3.35. The zero-order chi connectivity index (χ0) is 14.2. The summed E-state index contributed by atoms with van der Waals surface area (Å²) in [6, 6.07) is 10.1. The van der Waals surface area contributed by atoms with E-state index in [0.29, 0.717) is 19.6 Å². The molecule has 0 bridgehead atoms. The topological polar surface area (TPSA) is 44.8 Å². The van der Waals surface area contributed by atoms with Gasteiger partial charge in [-0.1, -0.05) is 30.3 Å². The second-order valence-electron chi connectivity index (χ2n) is 5.05. The minimum Gasteiger partial charge on any atom is -0.377 e. The van der Waals surface area contributed by atoms with E-state index in [-0.39, 0.29) is 18.5 Å². The molecule has 1 saturated heterocycles. The summed E-state index contributed by atoms with van der Waals surface area (Å²) in [6.45, 7) is 3.15. The zero-order valence-electron chi connectivity index (χ0n) is 11.9. The molecule has 0 amide bonds. The van der Waals surface area contributed by atoms with Crippen molar-refractivity contribution >= 4 is 6.29 Å². The fourth-order valence-electron chi connectivity index (χ4n) is 2.40. The van der Waals surface area contributed by atoms with Gasteiger partial charge in [0.1, 0.15) is 6.29 Å². The Kier molecular flexibility index (Phi) is 6.18. The summed E-state index contributed by atoms with van der Waals surface area (Å²) in [5.74, 6) is 0. The zero-order valence-corrected chi connectivity index (χ0v) is 11.9. The predicted octanol–water partition coefficient (Wildman–Crippen LogP) is 2.70. The van der Waals surface area contributed by atoms with Crippen molar-refractivity contribution in [2.24, 2.45) is 0 Å². The average Bonchev–Trinajstić information content (AvgIpc) is 2.45. The molecular weight excluding hydrogens is 256 g/mol. The Bertz CT molecular complexity index is 393. The third kappa shape index (κ3) is 5.04. The normalized spacial score (nSPS) is 26.4. The maximum absolute atomic E-state index is 10.6. The van der Waals surface area contributed by atoms with Crippen LogP contribution in [0, 0.1) is 0 Å². The summed E-state index contributed by atoms with van der Waals surface area (Å²) >= 11 is 0. The monoisotopic (exact) mass is 278 g/mol. The van der Waals surface area contributed by atoms with Crippen LogP contribution in [0.15, 0.2) is 30.3 Å². The summed E-state index contributed by atoms with van der Waals surface area (Å²) in [7, 11) is 0. The van der Waals surface area contributed by atoms with E-state index in [2.05, 4.69) is 0 Å². The minimum absolute atomic E-state index is 0.0182. The van der Waals surface area contributed by atoms with Gasteiger partial charge < -0.3 is 19.0 Å². The van der Waals surface area contributed by atoms with Crippen LogP contribution >= 0.6 is 0 Å². The molecule has 3 atom stereocenters. The molecule has 1 fully saturated rings. The Morgan fingerprint density at radius 1 is 1.25 bits per heavy atom. The van der Waals surface area contributed by atoms with E-state index in [9.17, 15) is 4.79 Å². The standard InChI is InChI=1S/C16H22O4/c1-13-19-15(7-9-17)11-16(20-13)8-10-18-12-14-5-3-2-4-6-14/h2-6,9,13,15-16H,7-8,10-12H2,1H3/t13-,15-,16+/m1/s1. The minimum atomic E-state index is -0.243. The smallest absolute Gasteiger partial charge is 0.155 e. The first-order valence-electron chi connectivity index (χ1n) is 7.14. The number of aldehydes is 1. The molecule has 4 nitrogen and oxygen atoms in total. The molecule has 1 aliphatic heterocycles. The first kappa shape index (κ1) is 15.2. The van der Waals surface area contributed by atoms with Crippen LogP contribution in [0.1, 0.15) is 31.7 Å². The Morgan fingerprint density at radius 2 is 2.00 bits per heavy atom. The average molecular weight is 278 g/mol. The van der Waals surface area contributed by atoms with Crippen LogP contribution < -0.4 is 0 Å². The molecule has 110 valence electrons. The van der Waals surface area contributed by atoms with Crippen LogP contribution in [-0.4, -0.2) is 31.4 Å². The Hall–Kier alpha value is -1.23. The van der Waals surface area contributed by atoms with Crippen LogP contribution in [0.3, 0.4) is 0 Å². The van der Waals surface area contributed by atoms with Gasteiger partial charge in [0.25, 0.3) is 0 Å². The van der Waals surface area contributed by atoms with E-state index >= 15 is 0 Å². The quantitative estimate of drug-likeness (QED) is 0.568. The highest BCUT2D eigenvalue weighted by atomic mass is 16.7. The first-order chi connectivity index (χ1) is 9.78. The lowest BCUT2D eigenvalue weighted by Crippen LogP contribution is -2.37. The van der Waals surface area contributed by atoms with Crippen LogP contribution in [-0.2, 0) is 25.6 Å². The lowest BCUT2D eigenvalue weighted by atomic mass is 10.1. The molecular formula is C16H22O4. The number of hydrogen-bond acceptors (Lipinski definition) is 4. The van der Waals surface area contributed by atoms with Gasteiger partial charge in [-0.25, -0.2) is 0 Å². The van der Waals surface area contributed by atoms with Crippen molar-refractivity contribution in [1.29, 1.82) is 0 Å². The van der Waals surface area contributed by atoms with Gasteiger partial charge in [0.2, 0.25) is 0 Å². The molecule has 0 unspecified atom stereocenters. The molecule has 0 spiro atoms. The van der Waals surface area contributed by atoms with Crippen molar-refractivity contribution < 1.29 is 19.0 Å². The van der Waals surface area contributed by atoms with Gasteiger partial charge in [-0.2, -0.15) is 0 Å². The third-order valence-electron chi connectivity index (χ3n) is 3.35. The van der Waals surface area contributed by atoms with Crippen LogP contribution in [0.4, 0.5) is 0 Å². The van der Waals surface area contributed by atoms with E-state index in [4.69, 9.17) is 14.2 Å². The van der Waals surface area contributed by atoms with Crippen molar-refractivity contribution in [3.63, 3.8) is 0 Å². The molecule has 0 aliphatic carbocycles. The highest BCUT2D eigenvalue weighted by Gasteiger charge is 2.27. The van der Waals surface area contributed by atoms with Crippen LogP contribution in [0.25, 0.3) is 0 Å². The van der Waals surface area contributed by atoms with E-state index in [0.717, 1.165) is 19.1 Å². The number of carbonyl (C=O) groups excluding carboxylic acids is 1.